The Morgan fingerprint density at radius 1 is 0.618 bits per heavy atom. The van der Waals surface area contributed by atoms with Crippen LogP contribution in [0.1, 0.15) is 62.1 Å². The van der Waals surface area contributed by atoms with E-state index in [0.29, 0.717) is 5.92 Å². The molecule has 1 unspecified atom stereocenters. The van der Waals surface area contributed by atoms with E-state index < -0.39 is 0 Å². The second-order valence-corrected chi connectivity index (χ2v) is 9.27. The molecule has 0 nitrogen and oxygen atoms in total. The number of allylic oxidation sites excluding steroid dienone is 2. The van der Waals surface area contributed by atoms with Crippen molar-refractivity contribution in [3.05, 3.63) is 126 Å². The number of hydrogen-bond donors (Lipinski definition) is 0. The molecule has 4 aromatic rings. The first-order valence-electron chi connectivity index (χ1n) is 12.7. The first kappa shape index (κ1) is 23.8. The van der Waals surface area contributed by atoms with Gasteiger partial charge in [0.15, 0.2) is 0 Å². The normalized spacial score (nSPS) is 12.5. The van der Waals surface area contributed by atoms with E-state index in [1.807, 2.05) is 0 Å². The first-order valence-corrected chi connectivity index (χ1v) is 12.7. The molecule has 0 heterocycles. The summed E-state index contributed by atoms with van der Waals surface area (Å²) in [4.78, 5) is 0. The minimum Gasteiger partial charge on any atom is -0.0732 e. The Labute approximate surface area is 206 Å². The van der Waals surface area contributed by atoms with Gasteiger partial charge in [0.2, 0.25) is 0 Å². The second kappa shape index (κ2) is 11.7. The zero-order chi connectivity index (χ0) is 23.8. The minimum absolute atomic E-state index is 0.438. The highest BCUT2D eigenvalue weighted by Gasteiger charge is 2.12. The van der Waals surface area contributed by atoms with Crippen LogP contribution in [-0.4, -0.2) is 0 Å². The third-order valence-corrected chi connectivity index (χ3v) is 6.61. The molecule has 34 heavy (non-hydrogen) atoms. The summed E-state index contributed by atoms with van der Waals surface area (Å²) in [6, 6.07) is 37.8. The van der Waals surface area contributed by atoms with E-state index in [9.17, 15) is 0 Å². The molecule has 0 aliphatic carbocycles. The molecular formula is C34H36. The molecule has 0 heteroatoms. The van der Waals surface area contributed by atoms with Crippen LogP contribution in [0.25, 0.3) is 27.8 Å². The maximum atomic E-state index is 2.53. The van der Waals surface area contributed by atoms with E-state index in [0.717, 1.165) is 12.8 Å². The van der Waals surface area contributed by atoms with Crippen LogP contribution in [0.15, 0.2) is 109 Å². The molecule has 0 aliphatic rings. The van der Waals surface area contributed by atoms with Crippen LogP contribution in [0.2, 0.25) is 0 Å². The maximum Gasteiger partial charge on any atom is 0.00239 e. The quantitative estimate of drug-likeness (QED) is 0.241. The number of aryl methyl sites for hydroxylation is 1. The second-order valence-electron chi connectivity index (χ2n) is 9.27. The Morgan fingerprint density at radius 2 is 1.15 bits per heavy atom. The van der Waals surface area contributed by atoms with Gasteiger partial charge in [-0.05, 0) is 58.7 Å². The SMILES string of the molecule is CCC/C(=C\C(CCC)c1ccc(-c2ccccc2)cc1)c1ccc(-c2ccc(C)cc2)cc1. The summed E-state index contributed by atoms with van der Waals surface area (Å²) >= 11 is 0. The molecule has 0 radical (unpaired) electrons. The van der Waals surface area contributed by atoms with Gasteiger partial charge in [0.25, 0.3) is 0 Å². The van der Waals surface area contributed by atoms with Crippen LogP contribution < -0.4 is 0 Å². The molecule has 0 saturated heterocycles. The van der Waals surface area contributed by atoms with Crippen LogP contribution in [0.5, 0.6) is 0 Å². The van der Waals surface area contributed by atoms with Crippen molar-refractivity contribution in [2.45, 2.75) is 52.4 Å². The molecule has 4 rings (SSSR count). The minimum atomic E-state index is 0.438. The van der Waals surface area contributed by atoms with Crippen LogP contribution in [0.3, 0.4) is 0 Å². The zero-order valence-electron chi connectivity index (χ0n) is 20.8. The summed E-state index contributed by atoms with van der Waals surface area (Å²) in [5, 5.41) is 0. The van der Waals surface area contributed by atoms with E-state index in [-0.39, 0.29) is 0 Å². The van der Waals surface area contributed by atoms with Crippen LogP contribution in [0.4, 0.5) is 0 Å². The van der Waals surface area contributed by atoms with Crippen LogP contribution >= 0.6 is 0 Å². The lowest BCUT2D eigenvalue weighted by molar-refractivity contribution is 0.716. The van der Waals surface area contributed by atoms with E-state index in [1.54, 1.807) is 0 Å². The molecule has 0 bridgehead atoms. The third kappa shape index (κ3) is 5.94. The topological polar surface area (TPSA) is 0 Å². The van der Waals surface area contributed by atoms with Crippen molar-refractivity contribution < 1.29 is 0 Å². The van der Waals surface area contributed by atoms with Gasteiger partial charge in [-0.15, -0.1) is 0 Å². The molecule has 0 amide bonds. The fraction of sp³-hybridized carbons (Fsp3) is 0.235. The molecule has 0 aromatic heterocycles. The summed E-state index contributed by atoms with van der Waals surface area (Å²) in [5.74, 6) is 0.438. The lowest BCUT2D eigenvalue weighted by atomic mass is 9.88. The van der Waals surface area contributed by atoms with Gasteiger partial charge in [-0.1, -0.05) is 141 Å². The predicted molar refractivity (Wildman–Crippen MR) is 149 cm³/mol. The summed E-state index contributed by atoms with van der Waals surface area (Å²) in [5.41, 5.74) is 10.6. The van der Waals surface area contributed by atoms with E-state index in [4.69, 9.17) is 0 Å². The van der Waals surface area contributed by atoms with E-state index >= 15 is 0 Å². The van der Waals surface area contributed by atoms with Gasteiger partial charge in [-0.3, -0.25) is 0 Å². The van der Waals surface area contributed by atoms with Crippen molar-refractivity contribution in [2.24, 2.45) is 0 Å². The Kier molecular flexibility index (Phi) is 8.15. The van der Waals surface area contributed by atoms with E-state index in [1.165, 1.54) is 57.4 Å². The summed E-state index contributed by atoms with van der Waals surface area (Å²) < 4.78 is 0. The van der Waals surface area contributed by atoms with Gasteiger partial charge in [-0.2, -0.15) is 0 Å². The molecule has 172 valence electrons. The standard InChI is InChI=1S/C34H36/c1-4-9-33(31-21-17-29(18-22-31)27-11-7-6-8-12-27)25-34(10-5-2)32-23-19-30(20-24-32)28-15-13-26(3)14-16-28/h6-8,11-25,33H,4-5,9-10H2,1-3H3/b34-25+. The molecule has 0 N–H and O–H groups in total. The fourth-order valence-electron chi connectivity index (χ4n) is 4.67. The number of benzene rings is 4. The Morgan fingerprint density at radius 3 is 1.71 bits per heavy atom. The Bertz CT molecular complexity index is 1180. The lowest BCUT2D eigenvalue weighted by Crippen LogP contribution is -1.98. The van der Waals surface area contributed by atoms with Gasteiger partial charge >= 0.3 is 0 Å². The predicted octanol–water partition coefficient (Wildman–Crippen LogP) is 10.1. The summed E-state index contributed by atoms with van der Waals surface area (Å²) in [6.07, 6.45) is 7.13. The van der Waals surface area contributed by atoms with Gasteiger partial charge in [0.1, 0.15) is 0 Å². The van der Waals surface area contributed by atoms with Crippen molar-refractivity contribution in [1.29, 1.82) is 0 Å². The summed E-state index contributed by atoms with van der Waals surface area (Å²) in [6.45, 7) is 6.70. The average molecular weight is 445 g/mol. The molecule has 0 aliphatic heterocycles. The molecule has 0 spiro atoms. The lowest BCUT2D eigenvalue weighted by Gasteiger charge is -2.17. The summed E-state index contributed by atoms with van der Waals surface area (Å²) in [7, 11) is 0. The van der Waals surface area contributed by atoms with Gasteiger partial charge in [0.05, 0.1) is 0 Å². The highest BCUT2D eigenvalue weighted by Crippen LogP contribution is 2.32. The Hall–Kier alpha value is -3.38. The first-order chi connectivity index (χ1) is 16.7. The third-order valence-electron chi connectivity index (χ3n) is 6.61. The molecule has 1 atom stereocenters. The number of rotatable bonds is 9. The van der Waals surface area contributed by atoms with Crippen molar-refractivity contribution in [3.8, 4) is 22.3 Å². The molecule has 0 fully saturated rings. The maximum absolute atomic E-state index is 2.53. The van der Waals surface area contributed by atoms with Crippen molar-refractivity contribution in [3.63, 3.8) is 0 Å². The van der Waals surface area contributed by atoms with Gasteiger partial charge in [-0.25, -0.2) is 0 Å². The average Bonchev–Trinajstić information content (AvgIpc) is 2.89. The van der Waals surface area contributed by atoms with Crippen molar-refractivity contribution in [1.82, 2.24) is 0 Å². The fourth-order valence-corrected chi connectivity index (χ4v) is 4.67. The molecule has 4 aromatic carbocycles. The largest absolute Gasteiger partial charge is 0.0732 e. The molecular weight excluding hydrogens is 408 g/mol. The number of hydrogen-bond acceptors (Lipinski definition) is 0. The van der Waals surface area contributed by atoms with Gasteiger partial charge in [0, 0.05) is 5.92 Å². The highest BCUT2D eigenvalue weighted by atomic mass is 14.2. The van der Waals surface area contributed by atoms with E-state index in [2.05, 4.69) is 130 Å². The Balaban J connectivity index is 1.60. The highest BCUT2D eigenvalue weighted by molar-refractivity contribution is 5.71. The smallest absolute Gasteiger partial charge is 0.00239 e. The van der Waals surface area contributed by atoms with Gasteiger partial charge < -0.3 is 0 Å². The monoisotopic (exact) mass is 444 g/mol. The van der Waals surface area contributed by atoms with Crippen LogP contribution in [-0.2, 0) is 0 Å². The van der Waals surface area contributed by atoms with Crippen molar-refractivity contribution in [2.75, 3.05) is 0 Å². The van der Waals surface area contributed by atoms with Crippen LogP contribution in [0, 0.1) is 6.92 Å². The zero-order valence-corrected chi connectivity index (χ0v) is 20.8. The van der Waals surface area contributed by atoms with Crippen molar-refractivity contribution >= 4 is 5.57 Å². The molecule has 0 saturated carbocycles.